The van der Waals surface area contributed by atoms with Crippen LogP contribution in [0.1, 0.15) is 17.0 Å². The number of likely N-dealkylation sites (N-methyl/N-ethyl adjacent to an activating group) is 1. The molecule has 0 aliphatic rings. The monoisotopic (exact) mass is 307 g/mol. The Labute approximate surface area is 129 Å². The van der Waals surface area contributed by atoms with Crippen LogP contribution in [-0.2, 0) is 6.42 Å². The van der Waals surface area contributed by atoms with Crippen LogP contribution in [0.3, 0.4) is 0 Å². The summed E-state index contributed by atoms with van der Waals surface area (Å²) in [6.07, 6.45) is 0.730. The first-order valence-corrected chi connectivity index (χ1v) is 7.24. The smallest absolute Gasteiger partial charge is 0.123 e. The minimum atomic E-state index is -0.216. The van der Waals surface area contributed by atoms with Crippen LogP contribution in [0.2, 0.25) is 5.02 Å². The molecule has 0 bridgehead atoms. The molecule has 0 aromatic heterocycles. The fraction of sp³-hybridized carbons (Fsp3) is 0.294. The van der Waals surface area contributed by atoms with Gasteiger partial charge in [-0.3, -0.25) is 0 Å². The molecule has 0 fully saturated rings. The first-order chi connectivity index (χ1) is 10.1. The summed E-state index contributed by atoms with van der Waals surface area (Å²) in [7, 11) is 3.53. The SMILES string of the molecule is CNCC(Cc1cc(Cl)ccc1OC)c1cccc(F)c1. The van der Waals surface area contributed by atoms with Gasteiger partial charge in [-0.25, -0.2) is 4.39 Å². The van der Waals surface area contributed by atoms with Gasteiger partial charge in [-0.15, -0.1) is 0 Å². The van der Waals surface area contributed by atoms with Crippen LogP contribution in [0.15, 0.2) is 42.5 Å². The molecule has 21 heavy (non-hydrogen) atoms. The van der Waals surface area contributed by atoms with E-state index in [0.717, 1.165) is 29.8 Å². The molecule has 112 valence electrons. The van der Waals surface area contributed by atoms with E-state index in [1.54, 1.807) is 25.3 Å². The van der Waals surface area contributed by atoms with Crippen LogP contribution >= 0.6 is 11.6 Å². The summed E-state index contributed by atoms with van der Waals surface area (Å²) in [6, 6.07) is 12.3. The number of ether oxygens (including phenoxy) is 1. The molecule has 4 heteroatoms. The van der Waals surface area contributed by atoms with Crippen LogP contribution in [0.5, 0.6) is 5.75 Å². The molecule has 0 aliphatic carbocycles. The zero-order chi connectivity index (χ0) is 15.2. The highest BCUT2D eigenvalue weighted by Gasteiger charge is 2.15. The van der Waals surface area contributed by atoms with E-state index in [1.165, 1.54) is 6.07 Å². The van der Waals surface area contributed by atoms with Gasteiger partial charge >= 0.3 is 0 Å². The number of halogens is 2. The predicted octanol–water partition coefficient (Wildman–Crippen LogP) is 4.03. The molecule has 0 aliphatic heterocycles. The maximum atomic E-state index is 13.4. The second-order valence-electron chi connectivity index (χ2n) is 4.97. The van der Waals surface area contributed by atoms with Gasteiger partial charge in [0.05, 0.1) is 7.11 Å². The third-order valence-electron chi connectivity index (χ3n) is 3.48. The standard InChI is InChI=1S/C17H19ClFNO/c1-20-11-14(12-4-3-5-16(19)10-12)8-13-9-15(18)6-7-17(13)21-2/h3-7,9-10,14,20H,8,11H2,1-2H3. The van der Waals surface area contributed by atoms with E-state index in [0.29, 0.717) is 5.02 Å². The fourth-order valence-corrected chi connectivity index (χ4v) is 2.68. The number of methoxy groups -OCH3 is 1. The number of rotatable bonds is 6. The topological polar surface area (TPSA) is 21.3 Å². The number of benzene rings is 2. The highest BCUT2D eigenvalue weighted by Crippen LogP contribution is 2.29. The second kappa shape index (κ2) is 7.43. The van der Waals surface area contributed by atoms with Crippen LogP contribution in [0, 0.1) is 5.82 Å². The van der Waals surface area contributed by atoms with Crippen molar-refractivity contribution < 1.29 is 9.13 Å². The van der Waals surface area contributed by atoms with Crippen molar-refractivity contribution in [3.8, 4) is 5.75 Å². The first kappa shape index (κ1) is 15.8. The number of hydrogen-bond donors (Lipinski definition) is 1. The maximum Gasteiger partial charge on any atom is 0.123 e. The van der Waals surface area contributed by atoms with Gasteiger partial charge in [-0.2, -0.15) is 0 Å². The quantitative estimate of drug-likeness (QED) is 0.870. The van der Waals surface area contributed by atoms with Crippen molar-refractivity contribution in [3.63, 3.8) is 0 Å². The summed E-state index contributed by atoms with van der Waals surface area (Å²) in [6.45, 7) is 0.749. The second-order valence-corrected chi connectivity index (χ2v) is 5.41. The molecule has 0 saturated carbocycles. The normalized spacial score (nSPS) is 12.2. The summed E-state index contributed by atoms with van der Waals surface area (Å²) in [5, 5.41) is 3.84. The molecule has 0 saturated heterocycles. The summed E-state index contributed by atoms with van der Waals surface area (Å²) in [5.74, 6) is 0.738. The molecule has 1 N–H and O–H groups in total. The maximum absolute atomic E-state index is 13.4. The number of hydrogen-bond acceptors (Lipinski definition) is 2. The summed E-state index contributed by atoms with van der Waals surface area (Å²) in [4.78, 5) is 0. The highest BCUT2D eigenvalue weighted by atomic mass is 35.5. The van der Waals surface area contributed by atoms with Gasteiger partial charge in [0.1, 0.15) is 11.6 Å². The van der Waals surface area contributed by atoms with E-state index < -0.39 is 0 Å². The van der Waals surface area contributed by atoms with E-state index >= 15 is 0 Å². The van der Waals surface area contributed by atoms with Crippen molar-refractivity contribution in [1.82, 2.24) is 5.32 Å². The minimum absolute atomic E-state index is 0.151. The van der Waals surface area contributed by atoms with Crippen molar-refractivity contribution >= 4 is 11.6 Å². The Hall–Kier alpha value is -1.58. The van der Waals surface area contributed by atoms with Crippen LogP contribution < -0.4 is 10.1 Å². The van der Waals surface area contributed by atoms with Gasteiger partial charge in [0.2, 0.25) is 0 Å². The van der Waals surface area contributed by atoms with Crippen molar-refractivity contribution in [2.24, 2.45) is 0 Å². The largest absolute Gasteiger partial charge is 0.496 e. The molecule has 0 radical (unpaired) electrons. The van der Waals surface area contributed by atoms with Gasteiger partial charge in [0.15, 0.2) is 0 Å². The Kier molecular flexibility index (Phi) is 5.59. The summed E-state index contributed by atoms with van der Waals surface area (Å²) >= 11 is 6.07. The zero-order valence-electron chi connectivity index (χ0n) is 12.2. The third-order valence-corrected chi connectivity index (χ3v) is 3.71. The Balaban J connectivity index is 2.30. The lowest BCUT2D eigenvalue weighted by Crippen LogP contribution is -2.19. The predicted molar refractivity (Wildman–Crippen MR) is 84.8 cm³/mol. The van der Waals surface area contributed by atoms with E-state index in [2.05, 4.69) is 5.32 Å². The van der Waals surface area contributed by atoms with Crippen molar-refractivity contribution in [2.75, 3.05) is 20.7 Å². The van der Waals surface area contributed by atoms with Gasteiger partial charge < -0.3 is 10.1 Å². The Bertz CT molecular complexity index is 603. The molecule has 2 nitrogen and oxygen atoms in total. The van der Waals surface area contributed by atoms with E-state index in [1.807, 2.05) is 25.2 Å². The average Bonchev–Trinajstić information content (AvgIpc) is 2.47. The van der Waals surface area contributed by atoms with Gasteiger partial charge in [-0.1, -0.05) is 23.7 Å². The van der Waals surface area contributed by atoms with Gasteiger partial charge in [0.25, 0.3) is 0 Å². The van der Waals surface area contributed by atoms with Crippen molar-refractivity contribution in [2.45, 2.75) is 12.3 Å². The van der Waals surface area contributed by atoms with E-state index in [4.69, 9.17) is 16.3 Å². The first-order valence-electron chi connectivity index (χ1n) is 6.86. The van der Waals surface area contributed by atoms with Crippen LogP contribution in [0.4, 0.5) is 4.39 Å². The Morgan fingerprint density at radius 2 is 2.05 bits per heavy atom. The average molecular weight is 308 g/mol. The molecule has 2 aromatic carbocycles. The minimum Gasteiger partial charge on any atom is -0.496 e. The molecule has 0 amide bonds. The highest BCUT2D eigenvalue weighted by molar-refractivity contribution is 6.30. The van der Waals surface area contributed by atoms with Crippen molar-refractivity contribution in [3.05, 3.63) is 64.4 Å². The van der Waals surface area contributed by atoms with E-state index in [-0.39, 0.29) is 11.7 Å². The molecule has 2 aromatic rings. The molecular weight excluding hydrogens is 289 g/mol. The molecular formula is C17H19ClFNO. The fourth-order valence-electron chi connectivity index (χ4n) is 2.49. The molecule has 0 heterocycles. The lowest BCUT2D eigenvalue weighted by Gasteiger charge is -2.19. The third kappa shape index (κ3) is 4.19. The number of nitrogens with one attached hydrogen (secondary N) is 1. The molecule has 1 unspecified atom stereocenters. The van der Waals surface area contributed by atoms with Crippen molar-refractivity contribution in [1.29, 1.82) is 0 Å². The zero-order valence-corrected chi connectivity index (χ0v) is 13.0. The molecule has 2 rings (SSSR count). The lowest BCUT2D eigenvalue weighted by atomic mass is 9.91. The Morgan fingerprint density at radius 1 is 1.24 bits per heavy atom. The molecule has 1 atom stereocenters. The van der Waals surface area contributed by atoms with Crippen LogP contribution in [0.25, 0.3) is 0 Å². The van der Waals surface area contributed by atoms with Gasteiger partial charge in [-0.05, 0) is 54.9 Å². The summed E-state index contributed by atoms with van der Waals surface area (Å²) < 4.78 is 18.8. The van der Waals surface area contributed by atoms with Crippen LogP contribution in [-0.4, -0.2) is 20.7 Å². The summed E-state index contributed by atoms with van der Waals surface area (Å²) in [5.41, 5.74) is 1.99. The van der Waals surface area contributed by atoms with Gasteiger partial charge in [0, 0.05) is 17.5 Å². The molecule has 0 spiro atoms. The Morgan fingerprint density at radius 3 is 2.71 bits per heavy atom. The van der Waals surface area contributed by atoms with E-state index in [9.17, 15) is 4.39 Å². The lowest BCUT2D eigenvalue weighted by molar-refractivity contribution is 0.407.